The SMILES string of the molecule is O=C(/C=C/C=C/C1C(F)C1c1ccc(Br)c(Br)c1)NN1CCCCCC1. The van der Waals surface area contributed by atoms with E-state index in [0.717, 1.165) is 40.4 Å². The molecule has 1 aromatic carbocycles. The first kappa shape index (κ1) is 19.8. The molecule has 0 radical (unpaired) electrons. The van der Waals surface area contributed by atoms with E-state index in [1.165, 1.54) is 18.9 Å². The quantitative estimate of drug-likeness (QED) is 0.454. The fraction of sp³-hybridized carbons (Fsp3) is 0.450. The van der Waals surface area contributed by atoms with Gasteiger partial charge >= 0.3 is 0 Å². The largest absolute Gasteiger partial charge is 0.285 e. The van der Waals surface area contributed by atoms with E-state index < -0.39 is 6.17 Å². The number of carbonyl (C=O) groups excluding carboxylic acids is 1. The third-order valence-electron chi connectivity index (χ3n) is 4.88. The molecule has 1 saturated carbocycles. The van der Waals surface area contributed by atoms with E-state index in [9.17, 15) is 9.18 Å². The van der Waals surface area contributed by atoms with Gasteiger partial charge in [0.25, 0.3) is 5.91 Å². The van der Waals surface area contributed by atoms with Crippen LogP contribution in [0.5, 0.6) is 0 Å². The fourth-order valence-electron chi connectivity index (χ4n) is 3.36. The van der Waals surface area contributed by atoms with E-state index in [2.05, 4.69) is 37.3 Å². The molecule has 2 aliphatic rings. The summed E-state index contributed by atoms with van der Waals surface area (Å²) in [4.78, 5) is 11.9. The molecule has 3 rings (SSSR count). The summed E-state index contributed by atoms with van der Waals surface area (Å²) in [7, 11) is 0. The molecule has 1 saturated heterocycles. The monoisotopic (exact) mass is 484 g/mol. The maximum absolute atomic E-state index is 14.1. The molecule has 0 bridgehead atoms. The van der Waals surface area contributed by atoms with Crippen LogP contribution in [0.25, 0.3) is 0 Å². The molecular weight excluding hydrogens is 463 g/mol. The van der Waals surface area contributed by atoms with E-state index in [1.54, 1.807) is 12.2 Å². The number of rotatable bonds is 5. The smallest absolute Gasteiger partial charge is 0.258 e. The summed E-state index contributed by atoms with van der Waals surface area (Å²) in [5.74, 6) is -0.353. The highest BCUT2D eigenvalue weighted by Gasteiger charge is 2.50. The number of benzene rings is 1. The van der Waals surface area contributed by atoms with E-state index in [-0.39, 0.29) is 17.7 Å². The van der Waals surface area contributed by atoms with Crippen molar-refractivity contribution in [2.45, 2.75) is 37.8 Å². The lowest BCUT2D eigenvalue weighted by molar-refractivity contribution is -0.121. The highest BCUT2D eigenvalue weighted by Crippen LogP contribution is 2.51. The van der Waals surface area contributed by atoms with Gasteiger partial charge in [-0.15, -0.1) is 0 Å². The molecule has 0 aromatic heterocycles. The zero-order chi connectivity index (χ0) is 18.5. The van der Waals surface area contributed by atoms with Gasteiger partial charge in [-0.1, -0.05) is 37.1 Å². The van der Waals surface area contributed by atoms with Crippen LogP contribution >= 0.6 is 31.9 Å². The van der Waals surface area contributed by atoms with Crippen molar-refractivity contribution in [2.24, 2.45) is 5.92 Å². The van der Waals surface area contributed by atoms with Crippen molar-refractivity contribution >= 4 is 37.8 Å². The first-order chi connectivity index (χ1) is 12.6. The molecule has 1 N–H and O–H groups in total. The van der Waals surface area contributed by atoms with Gasteiger partial charge < -0.3 is 0 Å². The molecule has 140 valence electrons. The first-order valence-electron chi connectivity index (χ1n) is 9.06. The van der Waals surface area contributed by atoms with Crippen LogP contribution in [0.3, 0.4) is 0 Å². The van der Waals surface area contributed by atoms with Crippen LogP contribution in [0, 0.1) is 5.92 Å². The Morgan fingerprint density at radius 1 is 1.12 bits per heavy atom. The molecule has 1 aliphatic carbocycles. The van der Waals surface area contributed by atoms with E-state index >= 15 is 0 Å². The Balaban J connectivity index is 1.48. The number of alkyl halides is 1. The second kappa shape index (κ2) is 9.29. The van der Waals surface area contributed by atoms with Crippen LogP contribution in [0.1, 0.15) is 37.2 Å². The number of hydrazine groups is 1. The van der Waals surface area contributed by atoms with Gasteiger partial charge in [0.15, 0.2) is 0 Å². The normalized spacial score (nSPS) is 27.0. The highest BCUT2D eigenvalue weighted by molar-refractivity contribution is 9.13. The fourth-order valence-corrected chi connectivity index (χ4v) is 4.00. The molecule has 2 fully saturated rings. The van der Waals surface area contributed by atoms with Gasteiger partial charge in [0, 0.05) is 39.9 Å². The molecule has 6 heteroatoms. The third kappa shape index (κ3) is 5.27. The summed E-state index contributed by atoms with van der Waals surface area (Å²) >= 11 is 6.89. The van der Waals surface area contributed by atoms with Crippen molar-refractivity contribution in [3.63, 3.8) is 0 Å². The number of halogens is 3. The van der Waals surface area contributed by atoms with E-state index in [4.69, 9.17) is 0 Å². The zero-order valence-electron chi connectivity index (χ0n) is 14.5. The number of hydrogen-bond acceptors (Lipinski definition) is 2. The van der Waals surface area contributed by atoms with Crippen molar-refractivity contribution < 1.29 is 9.18 Å². The molecular formula is C20H23Br2FN2O. The van der Waals surface area contributed by atoms with Crippen LogP contribution in [0.2, 0.25) is 0 Å². The van der Waals surface area contributed by atoms with Gasteiger partial charge in [0.2, 0.25) is 0 Å². The Morgan fingerprint density at radius 2 is 1.85 bits per heavy atom. The standard InChI is InChI=1S/C20H23Br2FN2O/c21-16-10-9-14(13-17(16)22)19-15(20(19)23)7-3-4-8-18(26)24-25-11-5-1-2-6-12-25/h3-4,7-10,13,15,19-20H,1-2,5-6,11-12H2,(H,24,26)/b7-3+,8-4+. The first-order valence-corrected chi connectivity index (χ1v) is 10.6. The van der Waals surface area contributed by atoms with Crippen LogP contribution in [-0.4, -0.2) is 30.2 Å². The van der Waals surface area contributed by atoms with Crippen molar-refractivity contribution in [3.8, 4) is 0 Å². The third-order valence-corrected chi connectivity index (χ3v) is 6.76. The molecule has 1 amide bonds. The minimum absolute atomic E-state index is 0.102. The van der Waals surface area contributed by atoms with Crippen molar-refractivity contribution in [3.05, 3.63) is 57.0 Å². The minimum atomic E-state index is -0.862. The summed E-state index contributed by atoms with van der Waals surface area (Å²) in [5, 5.41) is 1.99. The Labute approximate surface area is 170 Å². The molecule has 1 heterocycles. The minimum Gasteiger partial charge on any atom is -0.285 e. The van der Waals surface area contributed by atoms with Gasteiger partial charge in [0.1, 0.15) is 6.17 Å². The average Bonchev–Trinajstić information content (AvgIpc) is 3.32. The van der Waals surface area contributed by atoms with Gasteiger partial charge in [-0.3, -0.25) is 10.2 Å². The number of nitrogens with zero attached hydrogens (tertiary/aromatic N) is 1. The summed E-state index contributed by atoms with van der Waals surface area (Å²) in [6.45, 7) is 1.82. The average molecular weight is 486 g/mol. The van der Waals surface area contributed by atoms with Crippen LogP contribution in [0.15, 0.2) is 51.4 Å². The van der Waals surface area contributed by atoms with Gasteiger partial charge in [0.05, 0.1) is 0 Å². The topological polar surface area (TPSA) is 32.3 Å². The lowest BCUT2D eigenvalue weighted by Crippen LogP contribution is -2.41. The van der Waals surface area contributed by atoms with Crippen molar-refractivity contribution in [2.75, 3.05) is 13.1 Å². The molecule has 3 nitrogen and oxygen atoms in total. The van der Waals surface area contributed by atoms with Crippen molar-refractivity contribution in [1.82, 2.24) is 10.4 Å². The van der Waals surface area contributed by atoms with Crippen LogP contribution in [-0.2, 0) is 4.79 Å². The molecule has 26 heavy (non-hydrogen) atoms. The van der Waals surface area contributed by atoms with Gasteiger partial charge in [-0.25, -0.2) is 9.40 Å². The Morgan fingerprint density at radius 3 is 2.54 bits per heavy atom. The molecule has 1 aromatic rings. The maximum atomic E-state index is 14.1. The van der Waals surface area contributed by atoms with Crippen LogP contribution in [0.4, 0.5) is 4.39 Å². The molecule has 1 aliphatic heterocycles. The van der Waals surface area contributed by atoms with Gasteiger partial charge in [-0.05, 0) is 62.4 Å². The summed E-state index contributed by atoms with van der Waals surface area (Å²) in [6.07, 6.45) is 10.6. The number of carbonyl (C=O) groups is 1. The molecule has 3 atom stereocenters. The number of allylic oxidation sites excluding steroid dienone is 3. The zero-order valence-corrected chi connectivity index (χ0v) is 17.7. The summed E-state index contributed by atoms with van der Waals surface area (Å²) in [5.41, 5.74) is 3.90. The summed E-state index contributed by atoms with van der Waals surface area (Å²) in [6, 6.07) is 5.84. The molecule has 0 spiro atoms. The van der Waals surface area contributed by atoms with E-state index in [1.807, 2.05) is 29.3 Å². The Bertz CT molecular complexity index is 699. The predicted molar refractivity (Wildman–Crippen MR) is 109 cm³/mol. The second-order valence-electron chi connectivity index (χ2n) is 6.84. The lowest BCUT2D eigenvalue weighted by atomic mass is 10.1. The lowest BCUT2D eigenvalue weighted by Gasteiger charge is -2.19. The maximum Gasteiger partial charge on any atom is 0.258 e. The van der Waals surface area contributed by atoms with E-state index in [0.29, 0.717) is 0 Å². The Kier molecular flexibility index (Phi) is 7.06. The molecule has 3 unspecified atom stereocenters. The summed E-state index contributed by atoms with van der Waals surface area (Å²) < 4.78 is 16.0. The highest BCUT2D eigenvalue weighted by atomic mass is 79.9. The Hall–Kier alpha value is -0.980. The van der Waals surface area contributed by atoms with Gasteiger partial charge in [-0.2, -0.15) is 0 Å². The number of hydrogen-bond donors (Lipinski definition) is 1. The number of nitrogens with one attached hydrogen (secondary N) is 1. The van der Waals surface area contributed by atoms with Crippen molar-refractivity contribution in [1.29, 1.82) is 0 Å². The second-order valence-corrected chi connectivity index (χ2v) is 8.55. The number of amides is 1. The predicted octanol–water partition coefficient (Wildman–Crippen LogP) is 5.28. The van der Waals surface area contributed by atoms with Crippen LogP contribution < -0.4 is 5.43 Å².